The summed E-state index contributed by atoms with van der Waals surface area (Å²) in [6.07, 6.45) is 8.68. The number of nitrogens with zero attached hydrogens (tertiary/aromatic N) is 1. The number of carbonyl (C=O) groups is 2. The van der Waals surface area contributed by atoms with Crippen LogP contribution in [0.5, 0.6) is 0 Å². The Morgan fingerprint density at radius 1 is 1.57 bits per heavy atom. The summed E-state index contributed by atoms with van der Waals surface area (Å²) in [5, 5.41) is 10.8. The first-order chi connectivity index (χ1) is 9.99. The highest BCUT2D eigenvalue weighted by atomic mass is 16.6. The van der Waals surface area contributed by atoms with Crippen molar-refractivity contribution in [2.75, 3.05) is 6.61 Å². The van der Waals surface area contributed by atoms with Gasteiger partial charge in [-0.1, -0.05) is 18.2 Å². The Morgan fingerprint density at radius 3 is 2.86 bits per heavy atom. The van der Waals surface area contributed by atoms with E-state index in [0.717, 1.165) is 0 Å². The van der Waals surface area contributed by atoms with Gasteiger partial charge in [0.25, 0.3) is 5.78 Å². The molecule has 114 valence electrons. The van der Waals surface area contributed by atoms with E-state index in [1.54, 1.807) is 13.0 Å². The predicted octanol–water partition coefficient (Wildman–Crippen LogP) is 2.44. The Balaban J connectivity index is 2.83. The zero-order chi connectivity index (χ0) is 15.8. The van der Waals surface area contributed by atoms with Crippen LogP contribution < -0.4 is 0 Å². The molecule has 21 heavy (non-hydrogen) atoms. The Hall–Kier alpha value is -2.24. The fraction of sp³-hybridized carbons (Fsp3) is 0.467. The van der Waals surface area contributed by atoms with Gasteiger partial charge in [-0.15, -0.1) is 0 Å². The second-order valence-corrected chi connectivity index (χ2v) is 4.69. The maximum atomic E-state index is 11.9. The second-order valence-electron chi connectivity index (χ2n) is 4.69. The minimum absolute atomic E-state index is 0.292. The summed E-state index contributed by atoms with van der Waals surface area (Å²) in [5.74, 6) is -1.63. The number of nitro groups is 1. The number of carbonyl (C=O) groups excluding carboxylic acids is 2. The molecule has 1 aliphatic rings. The van der Waals surface area contributed by atoms with Crippen LogP contribution in [0.2, 0.25) is 0 Å². The monoisotopic (exact) mass is 293 g/mol. The molecule has 0 aromatic carbocycles. The molecule has 0 N–H and O–H groups in total. The number of allylic oxidation sites excluding steroid dienone is 5. The van der Waals surface area contributed by atoms with Crippen molar-refractivity contribution < 1.29 is 19.2 Å². The van der Waals surface area contributed by atoms with E-state index in [9.17, 15) is 19.7 Å². The van der Waals surface area contributed by atoms with Gasteiger partial charge in [0.2, 0.25) is 0 Å². The lowest BCUT2D eigenvalue weighted by atomic mass is 9.88. The van der Waals surface area contributed by atoms with Crippen LogP contribution in [0.4, 0.5) is 0 Å². The van der Waals surface area contributed by atoms with Crippen molar-refractivity contribution >= 4 is 11.8 Å². The fourth-order valence-electron chi connectivity index (χ4n) is 2.11. The molecule has 6 nitrogen and oxygen atoms in total. The molecule has 0 spiro atoms. The molecule has 0 radical (unpaired) electrons. The predicted molar refractivity (Wildman–Crippen MR) is 76.9 cm³/mol. The van der Waals surface area contributed by atoms with E-state index in [1.165, 1.54) is 12.2 Å². The molecule has 2 atom stereocenters. The third kappa shape index (κ3) is 4.98. The molecular formula is C15H19NO5. The van der Waals surface area contributed by atoms with Crippen molar-refractivity contribution in [3.63, 3.8) is 0 Å². The highest BCUT2D eigenvalue weighted by Gasteiger charge is 2.28. The quantitative estimate of drug-likeness (QED) is 0.311. The van der Waals surface area contributed by atoms with E-state index >= 15 is 0 Å². The topological polar surface area (TPSA) is 86.5 Å². The lowest BCUT2D eigenvalue weighted by Crippen LogP contribution is -2.22. The second kappa shape index (κ2) is 8.14. The zero-order valence-electron chi connectivity index (χ0n) is 12.2. The van der Waals surface area contributed by atoms with Gasteiger partial charge in [-0.2, -0.15) is 0 Å². The third-order valence-electron chi connectivity index (χ3n) is 3.15. The lowest BCUT2D eigenvalue weighted by molar-refractivity contribution is -0.418. The molecule has 0 heterocycles. The highest BCUT2D eigenvalue weighted by Crippen LogP contribution is 2.24. The zero-order valence-corrected chi connectivity index (χ0v) is 12.2. The van der Waals surface area contributed by atoms with Gasteiger partial charge in [0, 0.05) is 12.0 Å². The van der Waals surface area contributed by atoms with E-state index in [-0.39, 0.29) is 17.8 Å². The molecule has 0 bridgehead atoms. The molecule has 1 rings (SSSR count). The van der Waals surface area contributed by atoms with E-state index in [4.69, 9.17) is 4.74 Å². The molecular weight excluding hydrogens is 274 g/mol. The van der Waals surface area contributed by atoms with E-state index in [0.29, 0.717) is 19.4 Å². The van der Waals surface area contributed by atoms with Crippen molar-refractivity contribution in [2.45, 2.75) is 26.7 Å². The number of rotatable bonds is 7. The van der Waals surface area contributed by atoms with Crippen LogP contribution in [0, 0.1) is 22.0 Å². The fourth-order valence-corrected chi connectivity index (χ4v) is 2.11. The molecule has 0 aromatic heterocycles. The van der Waals surface area contributed by atoms with Crippen LogP contribution in [0.15, 0.2) is 36.1 Å². The summed E-state index contributed by atoms with van der Waals surface area (Å²) >= 11 is 0. The SMILES string of the molecule is C/C=C/CC(CC1C=CC(=O)C([N+](=O)[O-])=C1)C(=O)OCC. The van der Waals surface area contributed by atoms with Crippen LogP contribution in [-0.2, 0) is 14.3 Å². The standard InChI is InChI=1S/C15H19NO5/c1-3-5-6-12(15(18)21-4-2)9-11-7-8-14(17)13(10-11)16(19)20/h3,5,7-8,10-12H,4,6,9H2,1-2H3/b5-3+. The summed E-state index contributed by atoms with van der Waals surface area (Å²) in [4.78, 5) is 33.4. The minimum atomic E-state index is -0.690. The average Bonchev–Trinajstić information content (AvgIpc) is 2.45. The molecule has 0 saturated carbocycles. The van der Waals surface area contributed by atoms with Crippen molar-refractivity contribution in [1.82, 2.24) is 0 Å². The molecule has 6 heteroatoms. The summed E-state index contributed by atoms with van der Waals surface area (Å²) < 4.78 is 5.02. The first-order valence-corrected chi connectivity index (χ1v) is 6.86. The van der Waals surface area contributed by atoms with Crippen LogP contribution in [-0.4, -0.2) is 23.3 Å². The molecule has 0 saturated heterocycles. The summed E-state index contributed by atoms with van der Waals surface area (Å²) in [7, 11) is 0. The van der Waals surface area contributed by atoms with Crippen LogP contribution in [0.25, 0.3) is 0 Å². The van der Waals surface area contributed by atoms with Gasteiger partial charge in [-0.05, 0) is 32.8 Å². The summed E-state index contributed by atoms with van der Waals surface area (Å²) in [5.41, 5.74) is -0.434. The van der Waals surface area contributed by atoms with Gasteiger partial charge in [-0.25, -0.2) is 0 Å². The maximum Gasteiger partial charge on any atom is 0.312 e. The summed E-state index contributed by atoms with van der Waals surface area (Å²) in [6, 6.07) is 0. The van der Waals surface area contributed by atoms with Crippen molar-refractivity contribution in [3.05, 3.63) is 46.2 Å². The Labute approximate surface area is 123 Å². The van der Waals surface area contributed by atoms with Crippen LogP contribution >= 0.6 is 0 Å². The van der Waals surface area contributed by atoms with Gasteiger partial charge in [0.15, 0.2) is 0 Å². The first kappa shape index (κ1) is 16.8. The van der Waals surface area contributed by atoms with E-state index in [1.807, 2.05) is 19.1 Å². The Morgan fingerprint density at radius 2 is 2.29 bits per heavy atom. The van der Waals surface area contributed by atoms with Gasteiger partial charge in [-0.3, -0.25) is 19.7 Å². The molecule has 1 aliphatic carbocycles. The molecule has 2 unspecified atom stereocenters. The number of esters is 1. The van der Waals surface area contributed by atoms with Crippen molar-refractivity contribution in [1.29, 1.82) is 0 Å². The third-order valence-corrected chi connectivity index (χ3v) is 3.15. The smallest absolute Gasteiger partial charge is 0.312 e. The van der Waals surface area contributed by atoms with E-state index in [2.05, 4.69) is 0 Å². The number of hydrogen-bond acceptors (Lipinski definition) is 5. The first-order valence-electron chi connectivity index (χ1n) is 6.86. The molecule has 0 aromatic rings. The van der Waals surface area contributed by atoms with Crippen molar-refractivity contribution in [3.8, 4) is 0 Å². The van der Waals surface area contributed by atoms with Crippen LogP contribution in [0.3, 0.4) is 0 Å². The Kier molecular flexibility index (Phi) is 6.52. The summed E-state index contributed by atoms with van der Waals surface area (Å²) in [6.45, 7) is 3.88. The van der Waals surface area contributed by atoms with Gasteiger partial charge in [0.05, 0.1) is 17.4 Å². The number of hydrogen-bond donors (Lipinski definition) is 0. The normalized spacial score (nSPS) is 19.4. The van der Waals surface area contributed by atoms with Gasteiger partial charge in [0.1, 0.15) is 0 Å². The lowest BCUT2D eigenvalue weighted by Gasteiger charge is -2.18. The molecule has 0 fully saturated rings. The molecule has 0 aliphatic heterocycles. The largest absolute Gasteiger partial charge is 0.466 e. The Bertz CT molecular complexity index is 504. The number of ether oxygens (including phenoxy) is 1. The minimum Gasteiger partial charge on any atom is -0.466 e. The molecule has 0 amide bonds. The maximum absolute atomic E-state index is 11.9. The average molecular weight is 293 g/mol. The highest BCUT2D eigenvalue weighted by molar-refractivity contribution is 6.02. The van der Waals surface area contributed by atoms with Gasteiger partial charge >= 0.3 is 11.7 Å². The van der Waals surface area contributed by atoms with E-state index < -0.39 is 16.4 Å². The number of ketones is 1. The van der Waals surface area contributed by atoms with Crippen molar-refractivity contribution in [2.24, 2.45) is 11.8 Å². The van der Waals surface area contributed by atoms with Gasteiger partial charge < -0.3 is 4.74 Å². The van der Waals surface area contributed by atoms with Crippen LogP contribution in [0.1, 0.15) is 26.7 Å².